The summed E-state index contributed by atoms with van der Waals surface area (Å²) < 4.78 is 5.65. The maximum atomic E-state index is 12.9. The monoisotopic (exact) mass is 849 g/mol. The Morgan fingerprint density at radius 3 is 2.16 bits per heavy atom. The smallest absolute Gasteiger partial charge is 0.328 e. The lowest BCUT2D eigenvalue weighted by Gasteiger charge is -2.40. The first-order valence-corrected chi connectivity index (χ1v) is 22.0. The predicted octanol–water partition coefficient (Wildman–Crippen LogP) is 7.26. The fraction of sp³-hybridized carbons (Fsp3) is 0.396. The van der Waals surface area contributed by atoms with E-state index < -0.39 is 5.91 Å². The van der Waals surface area contributed by atoms with Gasteiger partial charge in [-0.2, -0.15) is 5.10 Å². The molecule has 1 atom stereocenters. The molecule has 6 heterocycles. The van der Waals surface area contributed by atoms with Crippen molar-refractivity contribution in [2.45, 2.75) is 65.3 Å². The third-order valence-electron chi connectivity index (χ3n) is 12.7. The Balaban J connectivity index is 0.767. The number of pyridine rings is 1. The zero-order valence-corrected chi connectivity index (χ0v) is 36.6. The van der Waals surface area contributed by atoms with Crippen LogP contribution >= 0.6 is 0 Å². The number of imide groups is 1. The van der Waals surface area contributed by atoms with Gasteiger partial charge in [-0.1, -0.05) is 45.0 Å². The maximum Gasteiger partial charge on any atom is 0.328 e. The molecule has 6 aromatic rings. The summed E-state index contributed by atoms with van der Waals surface area (Å²) in [5.41, 5.74) is 9.55. The lowest BCUT2D eigenvalue weighted by atomic mass is 9.95. The van der Waals surface area contributed by atoms with Crippen LogP contribution in [0.5, 0.6) is 0 Å². The minimum atomic E-state index is -0.405. The van der Waals surface area contributed by atoms with Gasteiger partial charge in [-0.25, -0.2) is 9.78 Å². The summed E-state index contributed by atoms with van der Waals surface area (Å²) in [6.45, 7) is 17.6. The maximum absolute atomic E-state index is 12.9. The molecule has 3 aromatic carbocycles. The van der Waals surface area contributed by atoms with Crippen LogP contribution in [-0.2, 0) is 10.2 Å². The molecule has 63 heavy (non-hydrogen) atoms. The number of H-pyrrole nitrogens is 1. The van der Waals surface area contributed by atoms with Gasteiger partial charge in [0.05, 0.1) is 11.7 Å². The first-order chi connectivity index (χ1) is 30.4. The topological polar surface area (TPSA) is 169 Å². The molecule has 3 saturated heterocycles. The summed E-state index contributed by atoms with van der Waals surface area (Å²) in [4.78, 5) is 50.6. The number of benzene rings is 3. The Labute approximate surface area is 367 Å². The SMILES string of the molecule is Cc1cc(-c2[nH]nc3ncc(-c4ccc(N5CCN(CC6CCN(c7ccc(N8CCC(=O)NC8=O)cc7)CC6)CC5)cc4)cc23)ccc1[C@@H](C)NC(=O)c1nnc(C(C)(C)C)o1. The van der Waals surface area contributed by atoms with Crippen molar-refractivity contribution in [3.8, 4) is 22.4 Å². The van der Waals surface area contributed by atoms with Gasteiger partial charge in [0, 0.05) is 104 Å². The molecule has 3 N–H and O–H groups in total. The van der Waals surface area contributed by atoms with Crippen LogP contribution in [0.25, 0.3) is 33.4 Å². The minimum Gasteiger partial charge on any atom is -0.416 e. The number of aromatic amines is 1. The number of carbonyl (C=O) groups excluding carboxylic acids is 3. The second-order valence-corrected chi connectivity index (χ2v) is 18.2. The average molecular weight is 850 g/mol. The number of piperazine rings is 1. The molecular formula is C48H55N11O4. The van der Waals surface area contributed by atoms with Gasteiger partial charge in [0.15, 0.2) is 5.65 Å². The zero-order chi connectivity index (χ0) is 43.8. The van der Waals surface area contributed by atoms with Crippen molar-refractivity contribution in [2.24, 2.45) is 5.92 Å². The minimum absolute atomic E-state index is 0.0449. The summed E-state index contributed by atoms with van der Waals surface area (Å²) in [6, 6.07) is 24.7. The lowest BCUT2D eigenvalue weighted by Crippen LogP contribution is -2.49. The van der Waals surface area contributed by atoms with E-state index in [2.05, 4.69) is 94.3 Å². The number of hydrogen-bond donors (Lipinski definition) is 3. The van der Waals surface area contributed by atoms with E-state index in [4.69, 9.17) is 9.40 Å². The molecule has 3 aliphatic heterocycles. The number of aryl methyl sites for hydroxylation is 1. The third-order valence-corrected chi connectivity index (χ3v) is 12.7. The molecule has 4 amide bonds. The van der Waals surface area contributed by atoms with Gasteiger partial charge in [0.25, 0.3) is 0 Å². The standard InChI is InChI=1S/C48H55N11O4/c1-30-26-34(8-15-39(30)31(2)50-44(61)45-54-55-46(63-45)48(3,4)5)42-40-27-35(28-49-43(40)53-52-42)33-6-9-36(10-7-33)58-24-22-56(23-25-58)29-32-16-19-57(20-17-32)37-11-13-38(14-12-37)59-21-18-41(60)51-47(59)62/h6-15,26-28,31-32H,16-25,29H2,1-5H3,(H,50,61)(H,49,52,53)(H,51,60,62)/t31-/m1/s1. The van der Waals surface area contributed by atoms with E-state index in [9.17, 15) is 14.4 Å². The number of carbonyl (C=O) groups is 3. The van der Waals surface area contributed by atoms with Gasteiger partial charge in [0.2, 0.25) is 11.8 Å². The number of urea groups is 1. The van der Waals surface area contributed by atoms with E-state index >= 15 is 0 Å². The Morgan fingerprint density at radius 2 is 1.49 bits per heavy atom. The Bertz CT molecular complexity index is 2620. The molecule has 3 aromatic heterocycles. The highest BCUT2D eigenvalue weighted by Gasteiger charge is 2.28. The van der Waals surface area contributed by atoms with Crippen LogP contribution in [0, 0.1) is 12.8 Å². The van der Waals surface area contributed by atoms with Crippen LogP contribution in [-0.4, -0.2) is 100 Å². The van der Waals surface area contributed by atoms with Crippen LogP contribution < -0.4 is 25.3 Å². The van der Waals surface area contributed by atoms with Crippen LogP contribution in [0.1, 0.15) is 80.7 Å². The number of aromatic nitrogens is 5. The number of fused-ring (bicyclic) bond motifs is 1. The van der Waals surface area contributed by atoms with Crippen LogP contribution in [0.15, 0.2) is 83.4 Å². The second kappa shape index (κ2) is 17.3. The highest BCUT2D eigenvalue weighted by Crippen LogP contribution is 2.33. The molecule has 0 aliphatic carbocycles. The van der Waals surface area contributed by atoms with Crippen LogP contribution in [0.2, 0.25) is 0 Å². The molecule has 0 saturated carbocycles. The number of nitrogens with zero attached hydrogens (tertiary/aromatic N) is 8. The van der Waals surface area contributed by atoms with Gasteiger partial charge < -0.3 is 19.5 Å². The van der Waals surface area contributed by atoms with Crippen LogP contribution in [0.4, 0.5) is 21.9 Å². The zero-order valence-electron chi connectivity index (χ0n) is 36.6. The van der Waals surface area contributed by atoms with Gasteiger partial charge >= 0.3 is 17.8 Å². The van der Waals surface area contributed by atoms with Crippen molar-refractivity contribution in [2.75, 3.05) is 67.1 Å². The predicted molar refractivity (Wildman–Crippen MR) is 244 cm³/mol. The summed E-state index contributed by atoms with van der Waals surface area (Å²) in [7, 11) is 0. The fourth-order valence-corrected chi connectivity index (χ4v) is 8.99. The molecular weight excluding hydrogens is 795 g/mol. The number of amides is 4. The number of rotatable bonds is 10. The van der Waals surface area contributed by atoms with Crippen molar-refractivity contribution >= 4 is 45.9 Å². The van der Waals surface area contributed by atoms with E-state index in [0.717, 1.165) is 103 Å². The number of anilines is 3. The molecule has 3 aliphatic rings. The van der Waals surface area contributed by atoms with E-state index in [0.29, 0.717) is 30.4 Å². The Kier molecular flexibility index (Phi) is 11.4. The van der Waals surface area contributed by atoms with Gasteiger partial charge in [-0.15, -0.1) is 10.2 Å². The van der Waals surface area contributed by atoms with Crippen molar-refractivity contribution in [1.82, 2.24) is 40.9 Å². The molecule has 0 unspecified atom stereocenters. The van der Waals surface area contributed by atoms with Crippen molar-refractivity contribution < 1.29 is 18.8 Å². The lowest BCUT2D eigenvalue weighted by molar-refractivity contribution is -0.120. The largest absolute Gasteiger partial charge is 0.416 e. The number of nitrogens with one attached hydrogen (secondary N) is 3. The van der Waals surface area contributed by atoms with E-state index in [-0.39, 0.29) is 29.3 Å². The first kappa shape index (κ1) is 41.7. The fourth-order valence-electron chi connectivity index (χ4n) is 8.99. The molecule has 0 bridgehead atoms. The highest BCUT2D eigenvalue weighted by molar-refractivity contribution is 6.05. The molecule has 9 rings (SSSR count). The van der Waals surface area contributed by atoms with Crippen molar-refractivity contribution in [3.63, 3.8) is 0 Å². The highest BCUT2D eigenvalue weighted by atomic mass is 16.4. The molecule has 0 radical (unpaired) electrons. The Morgan fingerprint density at radius 1 is 0.825 bits per heavy atom. The van der Waals surface area contributed by atoms with Gasteiger partial charge in [-0.3, -0.25) is 29.8 Å². The summed E-state index contributed by atoms with van der Waals surface area (Å²) >= 11 is 0. The second-order valence-electron chi connectivity index (χ2n) is 18.2. The molecule has 15 heteroatoms. The number of hydrogen-bond acceptors (Lipinski definition) is 11. The molecule has 0 spiro atoms. The molecule has 15 nitrogen and oxygen atoms in total. The van der Waals surface area contributed by atoms with Crippen molar-refractivity contribution in [1.29, 1.82) is 0 Å². The first-order valence-electron chi connectivity index (χ1n) is 22.0. The average Bonchev–Trinajstić information content (AvgIpc) is 3.96. The van der Waals surface area contributed by atoms with Crippen LogP contribution in [0.3, 0.4) is 0 Å². The summed E-state index contributed by atoms with van der Waals surface area (Å²) in [6.07, 6.45) is 4.53. The number of piperidine rings is 1. The van der Waals surface area contributed by atoms with Gasteiger partial charge in [0.1, 0.15) is 0 Å². The third kappa shape index (κ3) is 9.01. The summed E-state index contributed by atoms with van der Waals surface area (Å²) in [5.74, 6) is 0.433. The van der Waals surface area contributed by atoms with Gasteiger partial charge in [-0.05, 0) is 97.8 Å². The summed E-state index contributed by atoms with van der Waals surface area (Å²) in [5, 5.41) is 22.1. The normalized spacial score (nSPS) is 17.3. The quantitative estimate of drug-likeness (QED) is 0.127. The van der Waals surface area contributed by atoms with E-state index in [1.807, 2.05) is 65.1 Å². The Hall–Kier alpha value is -6.61. The molecule has 326 valence electrons. The van der Waals surface area contributed by atoms with Crippen molar-refractivity contribution in [3.05, 3.63) is 102 Å². The van der Waals surface area contributed by atoms with E-state index in [1.54, 1.807) is 4.90 Å². The molecule has 3 fully saturated rings. The van der Waals surface area contributed by atoms with E-state index in [1.165, 1.54) is 11.4 Å².